The first-order valence-electron chi connectivity index (χ1n) is 7.32. The summed E-state index contributed by atoms with van der Waals surface area (Å²) in [6.07, 6.45) is 2.94. The molecule has 0 saturated heterocycles. The number of hydrogen-bond acceptors (Lipinski definition) is 5. The molecule has 0 aliphatic rings. The summed E-state index contributed by atoms with van der Waals surface area (Å²) in [6.45, 7) is 7.81. The van der Waals surface area contributed by atoms with Crippen LogP contribution in [0.15, 0.2) is 0 Å². The summed E-state index contributed by atoms with van der Waals surface area (Å²) in [4.78, 5) is 2.38. The number of nitrogens with zero attached hydrogens (tertiary/aromatic N) is 1. The van der Waals surface area contributed by atoms with Gasteiger partial charge in [-0.2, -0.15) is 0 Å². The Kier molecular flexibility index (Phi) is 14.1. The molecule has 5 nitrogen and oxygen atoms in total. The summed E-state index contributed by atoms with van der Waals surface area (Å²) in [5.41, 5.74) is 0. The lowest BCUT2D eigenvalue weighted by molar-refractivity contribution is 0.122. The van der Waals surface area contributed by atoms with Crippen LogP contribution in [0.2, 0.25) is 0 Å². The largest absolute Gasteiger partial charge is 0.396 e. The second kappa shape index (κ2) is 14.2. The van der Waals surface area contributed by atoms with Gasteiger partial charge in [0.1, 0.15) is 0 Å². The molecule has 0 aromatic rings. The Hall–Kier alpha value is -0.200. The van der Waals surface area contributed by atoms with E-state index in [0.29, 0.717) is 6.04 Å². The van der Waals surface area contributed by atoms with Gasteiger partial charge in [-0.25, -0.2) is 0 Å². The summed E-state index contributed by atoms with van der Waals surface area (Å²) in [7, 11) is 3.46. The maximum Gasteiger partial charge on any atom is 0.0589 e. The van der Waals surface area contributed by atoms with Gasteiger partial charge in [0, 0.05) is 53.1 Å². The van der Waals surface area contributed by atoms with Crippen molar-refractivity contribution in [2.75, 3.05) is 60.2 Å². The number of aliphatic hydroxyl groups is 1. The highest BCUT2D eigenvalue weighted by molar-refractivity contribution is 4.72. The lowest BCUT2D eigenvalue weighted by Crippen LogP contribution is -2.43. The van der Waals surface area contributed by atoms with Crippen LogP contribution in [0.1, 0.15) is 26.2 Å². The van der Waals surface area contributed by atoms with Crippen molar-refractivity contribution in [3.63, 3.8) is 0 Å². The molecule has 0 rings (SSSR count). The van der Waals surface area contributed by atoms with E-state index >= 15 is 0 Å². The molecule has 0 aliphatic heterocycles. The number of hydrogen-bond donors (Lipinski definition) is 2. The zero-order chi connectivity index (χ0) is 14.3. The van der Waals surface area contributed by atoms with E-state index in [-0.39, 0.29) is 6.61 Å². The fourth-order valence-electron chi connectivity index (χ4n) is 2.02. The molecule has 0 spiro atoms. The van der Waals surface area contributed by atoms with E-state index in [0.717, 1.165) is 58.7 Å². The van der Waals surface area contributed by atoms with E-state index in [4.69, 9.17) is 14.6 Å². The summed E-state index contributed by atoms with van der Waals surface area (Å²) in [5.74, 6) is 0. The fourth-order valence-corrected chi connectivity index (χ4v) is 2.02. The van der Waals surface area contributed by atoms with Crippen molar-refractivity contribution in [2.24, 2.45) is 0 Å². The van der Waals surface area contributed by atoms with Gasteiger partial charge in [-0.1, -0.05) is 6.92 Å². The summed E-state index contributed by atoms with van der Waals surface area (Å²) in [5, 5.41) is 12.6. The Balaban J connectivity index is 4.11. The molecule has 0 heterocycles. The highest BCUT2D eigenvalue weighted by Gasteiger charge is 2.13. The lowest BCUT2D eigenvalue weighted by Gasteiger charge is -2.27. The monoisotopic (exact) mass is 276 g/mol. The Morgan fingerprint density at radius 3 is 2.47 bits per heavy atom. The number of aliphatic hydroxyl groups excluding tert-OH is 1. The van der Waals surface area contributed by atoms with Gasteiger partial charge < -0.3 is 19.9 Å². The predicted molar refractivity (Wildman–Crippen MR) is 78.6 cm³/mol. The minimum absolute atomic E-state index is 0.234. The summed E-state index contributed by atoms with van der Waals surface area (Å²) < 4.78 is 10.3. The molecular formula is C14H32N2O3. The van der Waals surface area contributed by atoms with Gasteiger partial charge in [-0.3, -0.25) is 4.90 Å². The minimum Gasteiger partial charge on any atom is -0.396 e. The van der Waals surface area contributed by atoms with E-state index < -0.39 is 0 Å². The van der Waals surface area contributed by atoms with Gasteiger partial charge in [-0.05, 0) is 25.8 Å². The van der Waals surface area contributed by atoms with Crippen LogP contribution in [0.4, 0.5) is 0 Å². The van der Waals surface area contributed by atoms with Gasteiger partial charge in [0.2, 0.25) is 0 Å². The second-order valence-corrected chi connectivity index (χ2v) is 4.80. The predicted octanol–water partition coefficient (Wildman–Crippen LogP) is 0.722. The molecule has 1 unspecified atom stereocenters. The zero-order valence-electron chi connectivity index (χ0n) is 12.9. The number of ether oxygens (including phenoxy) is 2. The van der Waals surface area contributed by atoms with Gasteiger partial charge in [0.25, 0.3) is 0 Å². The highest BCUT2D eigenvalue weighted by Crippen LogP contribution is 2.00. The average Bonchev–Trinajstić information content (AvgIpc) is 2.42. The molecule has 0 amide bonds. The van der Waals surface area contributed by atoms with Crippen molar-refractivity contribution in [1.82, 2.24) is 10.2 Å². The Labute approximate surface area is 118 Å². The van der Waals surface area contributed by atoms with Crippen LogP contribution in [0, 0.1) is 0 Å². The quantitative estimate of drug-likeness (QED) is 0.458. The first kappa shape index (κ1) is 18.8. The highest BCUT2D eigenvalue weighted by atomic mass is 16.5. The molecule has 0 fully saturated rings. The zero-order valence-corrected chi connectivity index (χ0v) is 12.9. The number of nitrogens with one attached hydrogen (secondary N) is 1. The normalized spacial score (nSPS) is 13.1. The minimum atomic E-state index is 0.234. The van der Waals surface area contributed by atoms with Gasteiger partial charge in [0.05, 0.1) is 6.61 Å². The second-order valence-electron chi connectivity index (χ2n) is 4.80. The molecular weight excluding hydrogens is 244 g/mol. The number of rotatable bonds is 14. The molecule has 0 aliphatic carbocycles. The number of methoxy groups -OCH3 is 2. The van der Waals surface area contributed by atoms with Crippen molar-refractivity contribution < 1.29 is 14.6 Å². The lowest BCUT2D eigenvalue weighted by atomic mass is 10.2. The van der Waals surface area contributed by atoms with Crippen molar-refractivity contribution >= 4 is 0 Å². The van der Waals surface area contributed by atoms with Crippen LogP contribution in [0.25, 0.3) is 0 Å². The molecule has 1 atom stereocenters. The van der Waals surface area contributed by atoms with Crippen molar-refractivity contribution in [2.45, 2.75) is 32.2 Å². The molecule has 0 aromatic carbocycles. The standard InChI is InChI=1S/C14H32N2O3/c1-4-7-15-14(6-10-17)13-16(9-12-19-3)8-5-11-18-2/h14-15,17H,4-13H2,1-3H3. The fraction of sp³-hybridized carbons (Fsp3) is 1.00. The Bertz CT molecular complexity index is 182. The van der Waals surface area contributed by atoms with Crippen LogP contribution < -0.4 is 5.32 Å². The summed E-state index contributed by atoms with van der Waals surface area (Å²) >= 11 is 0. The molecule has 0 aromatic heterocycles. The third-order valence-corrected chi connectivity index (χ3v) is 3.07. The van der Waals surface area contributed by atoms with Crippen LogP contribution in [-0.2, 0) is 9.47 Å². The van der Waals surface area contributed by atoms with E-state index in [1.54, 1.807) is 14.2 Å². The van der Waals surface area contributed by atoms with Crippen LogP contribution >= 0.6 is 0 Å². The van der Waals surface area contributed by atoms with Crippen molar-refractivity contribution in [3.8, 4) is 0 Å². The first-order chi connectivity index (χ1) is 9.28. The van der Waals surface area contributed by atoms with Crippen LogP contribution in [0.3, 0.4) is 0 Å². The molecule has 116 valence electrons. The van der Waals surface area contributed by atoms with Crippen molar-refractivity contribution in [1.29, 1.82) is 0 Å². The van der Waals surface area contributed by atoms with E-state index in [1.807, 2.05) is 0 Å². The van der Waals surface area contributed by atoms with Gasteiger partial charge in [-0.15, -0.1) is 0 Å². The maximum atomic E-state index is 9.14. The van der Waals surface area contributed by atoms with Crippen LogP contribution in [-0.4, -0.2) is 76.3 Å². The van der Waals surface area contributed by atoms with Crippen molar-refractivity contribution in [3.05, 3.63) is 0 Å². The molecule has 19 heavy (non-hydrogen) atoms. The van der Waals surface area contributed by atoms with Gasteiger partial charge in [0.15, 0.2) is 0 Å². The SMILES string of the molecule is CCCNC(CCO)CN(CCCOC)CCOC. The molecule has 2 N–H and O–H groups in total. The third-order valence-electron chi connectivity index (χ3n) is 3.07. The summed E-state index contributed by atoms with van der Waals surface area (Å²) in [6, 6.07) is 0.351. The maximum absolute atomic E-state index is 9.14. The van der Waals surface area contributed by atoms with E-state index in [1.165, 1.54) is 0 Å². The van der Waals surface area contributed by atoms with Gasteiger partial charge >= 0.3 is 0 Å². The van der Waals surface area contributed by atoms with E-state index in [2.05, 4.69) is 17.1 Å². The average molecular weight is 276 g/mol. The Morgan fingerprint density at radius 2 is 1.89 bits per heavy atom. The molecule has 0 saturated carbocycles. The third kappa shape index (κ3) is 11.3. The molecule has 0 bridgehead atoms. The molecule has 0 radical (unpaired) electrons. The topological polar surface area (TPSA) is 54.0 Å². The first-order valence-corrected chi connectivity index (χ1v) is 7.32. The van der Waals surface area contributed by atoms with Crippen LogP contribution in [0.5, 0.6) is 0 Å². The van der Waals surface area contributed by atoms with E-state index in [9.17, 15) is 0 Å². The molecule has 5 heteroatoms. The Morgan fingerprint density at radius 1 is 1.16 bits per heavy atom. The smallest absolute Gasteiger partial charge is 0.0589 e.